The van der Waals surface area contributed by atoms with Gasteiger partial charge in [-0.15, -0.1) is 12.3 Å². The zero-order chi connectivity index (χ0) is 8.81. The predicted octanol–water partition coefficient (Wildman–Crippen LogP) is 2.27. The lowest BCUT2D eigenvalue weighted by Crippen LogP contribution is -2.00. The largest absolute Gasteiger partial charge is 0.299 e. The standard InChI is InChI=1S/C10H10OS/c1-2-3-4-10(11)7-9-5-6-12-8-9/h1,5-6,8H,3-4,7H2. The van der Waals surface area contributed by atoms with Gasteiger partial charge in [-0.3, -0.25) is 4.79 Å². The maximum Gasteiger partial charge on any atom is 0.138 e. The van der Waals surface area contributed by atoms with Crippen LogP contribution in [0.1, 0.15) is 18.4 Å². The van der Waals surface area contributed by atoms with Crippen molar-refractivity contribution >= 4 is 17.1 Å². The Kier molecular flexibility index (Phi) is 3.56. The zero-order valence-corrected chi connectivity index (χ0v) is 7.56. The Morgan fingerprint density at radius 1 is 1.67 bits per heavy atom. The third kappa shape index (κ3) is 2.89. The van der Waals surface area contributed by atoms with Gasteiger partial charge in [0.2, 0.25) is 0 Å². The minimum Gasteiger partial charge on any atom is -0.299 e. The van der Waals surface area contributed by atoms with E-state index in [1.54, 1.807) is 11.3 Å². The molecule has 0 fully saturated rings. The molecular weight excluding hydrogens is 168 g/mol. The van der Waals surface area contributed by atoms with Crippen molar-refractivity contribution in [1.82, 2.24) is 0 Å². The fourth-order valence-corrected chi connectivity index (χ4v) is 1.59. The predicted molar refractivity (Wildman–Crippen MR) is 51.1 cm³/mol. The first-order valence-electron chi connectivity index (χ1n) is 3.79. The van der Waals surface area contributed by atoms with E-state index in [9.17, 15) is 4.79 Å². The fourth-order valence-electron chi connectivity index (χ4n) is 0.921. The first kappa shape index (κ1) is 9.02. The number of terminal acetylenes is 1. The van der Waals surface area contributed by atoms with E-state index in [2.05, 4.69) is 5.92 Å². The van der Waals surface area contributed by atoms with Crippen molar-refractivity contribution in [3.05, 3.63) is 22.4 Å². The molecule has 0 bridgehead atoms. The average molecular weight is 178 g/mol. The quantitative estimate of drug-likeness (QED) is 0.646. The van der Waals surface area contributed by atoms with E-state index in [0.29, 0.717) is 19.3 Å². The van der Waals surface area contributed by atoms with E-state index >= 15 is 0 Å². The summed E-state index contributed by atoms with van der Waals surface area (Å²) in [6, 6.07) is 1.97. The molecule has 0 saturated carbocycles. The maximum atomic E-state index is 11.2. The summed E-state index contributed by atoms with van der Waals surface area (Å²) in [7, 11) is 0. The van der Waals surface area contributed by atoms with E-state index in [1.807, 2.05) is 16.8 Å². The van der Waals surface area contributed by atoms with Gasteiger partial charge in [0.1, 0.15) is 5.78 Å². The molecule has 0 aliphatic heterocycles. The van der Waals surface area contributed by atoms with Crippen LogP contribution in [0, 0.1) is 12.3 Å². The summed E-state index contributed by atoms with van der Waals surface area (Å²) < 4.78 is 0. The van der Waals surface area contributed by atoms with Gasteiger partial charge in [0.05, 0.1) is 0 Å². The summed E-state index contributed by atoms with van der Waals surface area (Å²) in [5.41, 5.74) is 1.10. The molecule has 0 spiro atoms. The van der Waals surface area contributed by atoms with Crippen LogP contribution in [-0.4, -0.2) is 5.78 Å². The van der Waals surface area contributed by atoms with Crippen LogP contribution in [-0.2, 0) is 11.2 Å². The van der Waals surface area contributed by atoms with E-state index in [-0.39, 0.29) is 5.78 Å². The van der Waals surface area contributed by atoms with Crippen LogP contribution in [0.3, 0.4) is 0 Å². The van der Waals surface area contributed by atoms with E-state index in [1.165, 1.54) is 0 Å². The van der Waals surface area contributed by atoms with Crippen molar-refractivity contribution in [1.29, 1.82) is 0 Å². The molecule has 12 heavy (non-hydrogen) atoms. The maximum absolute atomic E-state index is 11.2. The molecule has 2 heteroatoms. The topological polar surface area (TPSA) is 17.1 Å². The highest BCUT2D eigenvalue weighted by Gasteiger charge is 2.02. The smallest absolute Gasteiger partial charge is 0.138 e. The molecule has 1 aromatic heterocycles. The highest BCUT2D eigenvalue weighted by atomic mass is 32.1. The molecule has 0 aromatic carbocycles. The summed E-state index contributed by atoms with van der Waals surface area (Å²) in [6.45, 7) is 0. The number of rotatable bonds is 4. The van der Waals surface area contributed by atoms with Crippen molar-refractivity contribution in [2.24, 2.45) is 0 Å². The van der Waals surface area contributed by atoms with Crippen molar-refractivity contribution in [3.63, 3.8) is 0 Å². The minimum absolute atomic E-state index is 0.228. The van der Waals surface area contributed by atoms with E-state index in [0.717, 1.165) is 5.56 Å². The number of hydrogen-bond acceptors (Lipinski definition) is 2. The highest BCUT2D eigenvalue weighted by molar-refractivity contribution is 7.07. The number of carbonyl (C=O) groups excluding carboxylic acids is 1. The van der Waals surface area contributed by atoms with Crippen LogP contribution in [0.15, 0.2) is 16.8 Å². The average Bonchev–Trinajstić information content (AvgIpc) is 2.53. The lowest BCUT2D eigenvalue weighted by molar-refractivity contribution is -0.118. The summed E-state index contributed by atoms with van der Waals surface area (Å²) in [4.78, 5) is 11.2. The van der Waals surface area contributed by atoms with Crippen LogP contribution < -0.4 is 0 Å². The van der Waals surface area contributed by atoms with E-state index < -0.39 is 0 Å². The van der Waals surface area contributed by atoms with Gasteiger partial charge in [-0.1, -0.05) is 0 Å². The summed E-state index contributed by atoms with van der Waals surface area (Å²) in [5.74, 6) is 2.69. The van der Waals surface area contributed by atoms with Crippen molar-refractivity contribution < 1.29 is 4.79 Å². The third-order valence-corrected chi connectivity index (χ3v) is 2.26. The molecule has 0 saturated heterocycles. The molecule has 1 rings (SSSR count). The molecular formula is C10H10OS. The zero-order valence-electron chi connectivity index (χ0n) is 6.75. The molecule has 62 valence electrons. The van der Waals surface area contributed by atoms with Crippen LogP contribution in [0.2, 0.25) is 0 Å². The highest BCUT2D eigenvalue weighted by Crippen LogP contribution is 2.08. The number of hydrogen-bond donors (Lipinski definition) is 0. The Labute approximate surface area is 76.4 Å². The third-order valence-electron chi connectivity index (χ3n) is 1.53. The van der Waals surface area contributed by atoms with Crippen LogP contribution in [0.4, 0.5) is 0 Å². The van der Waals surface area contributed by atoms with Gasteiger partial charge in [-0.25, -0.2) is 0 Å². The second kappa shape index (κ2) is 4.74. The summed E-state index contributed by atoms with van der Waals surface area (Å²) >= 11 is 1.61. The molecule has 0 radical (unpaired) electrons. The number of carbonyl (C=O) groups is 1. The van der Waals surface area contributed by atoms with Gasteiger partial charge in [0, 0.05) is 19.3 Å². The number of Topliss-reactive ketones (excluding diaryl/α,β-unsaturated/α-hetero) is 1. The van der Waals surface area contributed by atoms with Crippen molar-refractivity contribution in [2.45, 2.75) is 19.3 Å². The molecule has 0 N–H and O–H groups in total. The van der Waals surface area contributed by atoms with Gasteiger partial charge in [0.25, 0.3) is 0 Å². The van der Waals surface area contributed by atoms with Gasteiger partial charge in [0.15, 0.2) is 0 Å². The normalized spacial score (nSPS) is 9.25. The monoisotopic (exact) mass is 178 g/mol. The minimum atomic E-state index is 0.228. The Balaban J connectivity index is 2.33. The molecule has 1 nitrogen and oxygen atoms in total. The van der Waals surface area contributed by atoms with E-state index in [4.69, 9.17) is 6.42 Å². The summed E-state index contributed by atoms with van der Waals surface area (Å²) in [5, 5.41) is 3.97. The Morgan fingerprint density at radius 2 is 2.50 bits per heavy atom. The van der Waals surface area contributed by atoms with Crippen LogP contribution in [0.25, 0.3) is 0 Å². The molecule has 0 atom stereocenters. The SMILES string of the molecule is C#CCCC(=O)Cc1ccsc1. The Morgan fingerprint density at radius 3 is 3.08 bits per heavy atom. The molecule has 1 heterocycles. The molecule has 0 aliphatic carbocycles. The second-order valence-corrected chi connectivity index (χ2v) is 3.33. The molecule has 0 amide bonds. The molecule has 0 unspecified atom stereocenters. The van der Waals surface area contributed by atoms with Crippen LogP contribution >= 0.6 is 11.3 Å². The van der Waals surface area contributed by atoms with Crippen LogP contribution in [0.5, 0.6) is 0 Å². The Hall–Kier alpha value is -1.07. The van der Waals surface area contributed by atoms with Gasteiger partial charge >= 0.3 is 0 Å². The lowest BCUT2D eigenvalue weighted by atomic mass is 10.1. The van der Waals surface area contributed by atoms with Gasteiger partial charge in [-0.05, 0) is 22.4 Å². The Bertz CT molecular complexity index is 279. The van der Waals surface area contributed by atoms with Gasteiger partial charge < -0.3 is 0 Å². The number of thiophene rings is 1. The van der Waals surface area contributed by atoms with Crippen molar-refractivity contribution in [2.75, 3.05) is 0 Å². The first-order chi connectivity index (χ1) is 5.83. The fraction of sp³-hybridized carbons (Fsp3) is 0.300. The van der Waals surface area contributed by atoms with Gasteiger partial charge in [-0.2, -0.15) is 11.3 Å². The second-order valence-electron chi connectivity index (χ2n) is 2.55. The number of ketones is 1. The summed E-state index contributed by atoms with van der Waals surface area (Å²) in [6.07, 6.45) is 6.65. The molecule has 0 aliphatic rings. The van der Waals surface area contributed by atoms with Crippen molar-refractivity contribution in [3.8, 4) is 12.3 Å². The lowest BCUT2D eigenvalue weighted by Gasteiger charge is -1.94. The molecule has 1 aromatic rings. The first-order valence-corrected chi connectivity index (χ1v) is 4.73.